The van der Waals surface area contributed by atoms with Crippen LogP contribution in [0.1, 0.15) is 51.9 Å². The first kappa shape index (κ1) is 21.3. The van der Waals surface area contributed by atoms with Crippen LogP contribution in [-0.4, -0.2) is 39.3 Å². The van der Waals surface area contributed by atoms with Gasteiger partial charge in [-0.3, -0.25) is 9.59 Å². The molecule has 0 amide bonds. The lowest BCUT2D eigenvalue weighted by molar-refractivity contribution is -0.137. The third-order valence-electron chi connectivity index (χ3n) is 4.39. The van der Waals surface area contributed by atoms with E-state index in [2.05, 4.69) is 0 Å². The van der Waals surface area contributed by atoms with E-state index in [0.717, 1.165) is 6.42 Å². The summed E-state index contributed by atoms with van der Waals surface area (Å²) in [6.07, 6.45) is 13.4. The number of aliphatic hydroxyl groups is 2. The molecule has 0 aromatic heterocycles. The van der Waals surface area contributed by atoms with Crippen LogP contribution in [0.4, 0.5) is 0 Å². The van der Waals surface area contributed by atoms with E-state index >= 15 is 0 Å². The third kappa shape index (κ3) is 8.27. The normalized spacial score (nSPS) is 25.6. The first-order valence-corrected chi connectivity index (χ1v) is 9.04. The second kappa shape index (κ2) is 11.8. The van der Waals surface area contributed by atoms with Gasteiger partial charge in [0.05, 0.1) is 12.2 Å². The van der Waals surface area contributed by atoms with Gasteiger partial charge in [-0.2, -0.15) is 0 Å². The molecule has 0 saturated heterocycles. The molecule has 1 saturated carbocycles. The number of allylic oxidation sites excluding steroid dienone is 4. The molecule has 1 fully saturated rings. The standard InChI is InChI=1S/C20H30O5/c1-2-3-6-9-15(21)12-13-17-16(18(22)14-19(17)23)10-7-4-5-8-11-20(24)25/h3-4,6-7,12-13,15-18,21-22H,2,5,8-11,14H2,1H3,(H,24,25)/b6-3-,7-4-,13-12+/t15?,16?,17-,18?/m1/s1. The smallest absolute Gasteiger partial charge is 0.303 e. The number of carboxylic acids is 1. The summed E-state index contributed by atoms with van der Waals surface area (Å²) < 4.78 is 0. The first-order valence-electron chi connectivity index (χ1n) is 9.04. The number of carbonyl (C=O) groups excluding carboxylic acids is 1. The van der Waals surface area contributed by atoms with E-state index in [1.807, 2.05) is 31.2 Å². The molecule has 5 nitrogen and oxygen atoms in total. The Balaban J connectivity index is 2.52. The molecule has 1 rings (SSSR count). The van der Waals surface area contributed by atoms with Gasteiger partial charge in [-0.1, -0.05) is 43.4 Å². The SMILES string of the molecule is CC/C=C\CC(O)/C=C/[C@H]1C(=O)CC(O)C1C/C=C\CCCC(=O)O. The fraction of sp³-hybridized carbons (Fsp3) is 0.600. The van der Waals surface area contributed by atoms with E-state index in [1.165, 1.54) is 0 Å². The lowest BCUT2D eigenvalue weighted by Crippen LogP contribution is -2.19. The maximum Gasteiger partial charge on any atom is 0.303 e. The van der Waals surface area contributed by atoms with E-state index in [1.54, 1.807) is 12.2 Å². The summed E-state index contributed by atoms with van der Waals surface area (Å²) in [5.74, 6) is -1.35. The Morgan fingerprint density at radius 3 is 2.72 bits per heavy atom. The fourth-order valence-electron chi connectivity index (χ4n) is 3.00. The summed E-state index contributed by atoms with van der Waals surface area (Å²) in [5.41, 5.74) is 0. The van der Waals surface area contributed by atoms with Crippen molar-refractivity contribution in [3.63, 3.8) is 0 Å². The molecule has 3 N–H and O–H groups in total. The lowest BCUT2D eigenvalue weighted by atomic mass is 9.90. The number of aliphatic carboxylic acids is 1. The predicted molar refractivity (Wildman–Crippen MR) is 97.0 cm³/mol. The topological polar surface area (TPSA) is 94.8 Å². The lowest BCUT2D eigenvalue weighted by Gasteiger charge is -2.17. The summed E-state index contributed by atoms with van der Waals surface area (Å²) in [6.45, 7) is 2.02. The van der Waals surface area contributed by atoms with Gasteiger partial charge in [0.2, 0.25) is 0 Å². The van der Waals surface area contributed by atoms with Gasteiger partial charge in [-0.05, 0) is 32.1 Å². The Hall–Kier alpha value is -1.72. The zero-order chi connectivity index (χ0) is 18.7. The van der Waals surface area contributed by atoms with Crippen molar-refractivity contribution < 1.29 is 24.9 Å². The largest absolute Gasteiger partial charge is 0.481 e. The van der Waals surface area contributed by atoms with Gasteiger partial charge in [0, 0.05) is 24.7 Å². The Labute approximate surface area is 149 Å². The quantitative estimate of drug-likeness (QED) is 0.393. The van der Waals surface area contributed by atoms with Crippen molar-refractivity contribution in [1.82, 2.24) is 0 Å². The monoisotopic (exact) mass is 350 g/mol. The van der Waals surface area contributed by atoms with Crippen LogP contribution < -0.4 is 0 Å². The van der Waals surface area contributed by atoms with Gasteiger partial charge in [-0.15, -0.1) is 0 Å². The molecule has 0 aliphatic heterocycles. The number of hydrogen-bond acceptors (Lipinski definition) is 4. The number of Topliss-reactive ketones (excluding diaryl/α,β-unsaturated/α-hetero) is 1. The summed E-state index contributed by atoms with van der Waals surface area (Å²) in [6, 6.07) is 0. The maximum absolute atomic E-state index is 12.1. The van der Waals surface area contributed by atoms with Crippen LogP contribution in [-0.2, 0) is 9.59 Å². The molecule has 1 aliphatic carbocycles. The highest BCUT2D eigenvalue weighted by Crippen LogP contribution is 2.33. The zero-order valence-electron chi connectivity index (χ0n) is 14.9. The molecule has 5 heteroatoms. The number of aliphatic hydroxyl groups excluding tert-OH is 2. The molecule has 0 aromatic rings. The molecular formula is C20H30O5. The summed E-state index contributed by atoms with van der Waals surface area (Å²) in [7, 11) is 0. The average molecular weight is 350 g/mol. The fourth-order valence-corrected chi connectivity index (χ4v) is 3.00. The maximum atomic E-state index is 12.1. The number of hydrogen-bond donors (Lipinski definition) is 3. The molecule has 3 unspecified atom stereocenters. The number of rotatable bonds is 11. The minimum Gasteiger partial charge on any atom is -0.481 e. The Morgan fingerprint density at radius 1 is 1.28 bits per heavy atom. The molecule has 0 heterocycles. The highest BCUT2D eigenvalue weighted by molar-refractivity contribution is 5.86. The highest BCUT2D eigenvalue weighted by atomic mass is 16.4. The Morgan fingerprint density at radius 2 is 2.04 bits per heavy atom. The van der Waals surface area contributed by atoms with Crippen LogP contribution in [0.2, 0.25) is 0 Å². The minimum absolute atomic E-state index is 0.00401. The molecule has 140 valence electrons. The van der Waals surface area contributed by atoms with Crippen molar-refractivity contribution in [3.8, 4) is 0 Å². The van der Waals surface area contributed by atoms with E-state index in [-0.39, 0.29) is 30.5 Å². The zero-order valence-corrected chi connectivity index (χ0v) is 14.9. The van der Waals surface area contributed by atoms with Gasteiger partial charge in [0.25, 0.3) is 0 Å². The average Bonchev–Trinajstić information content (AvgIpc) is 2.82. The van der Waals surface area contributed by atoms with E-state index in [9.17, 15) is 19.8 Å². The molecule has 1 aliphatic rings. The van der Waals surface area contributed by atoms with E-state index < -0.39 is 18.2 Å². The molecule has 0 spiro atoms. The van der Waals surface area contributed by atoms with E-state index in [0.29, 0.717) is 25.7 Å². The van der Waals surface area contributed by atoms with Gasteiger partial charge < -0.3 is 15.3 Å². The molecule has 0 radical (unpaired) electrons. The second-order valence-corrected chi connectivity index (χ2v) is 6.49. The Bertz CT molecular complexity index is 506. The number of ketones is 1. The number of unbranched alkanes of at least 4 members (excludes halogenated alkanes) is 1. The molecule has 0 bridgehead atoms. The second-order valence-electron chi connectivity index (χ2n) is 6.49. The van der Waals surface area contributed by atoms with Crippen LogP contribution in [0.25, 0.3) is 0 Å². The van der Waals surface area contributed by atoms with Crippen molar-refractivity contribution >= 4 is 11.8 Å². The summed E-state index contributed by atoms with van der Waals surface area (Å²) in [5, 5.41) is 28.6. The van der Waals surface area contributed by atoms with Crippen LogP contribution in [0.15, 0.2) is 36.5 Å². The van der Waals surface area contributed by atoms with Gasteiger partial charge in [0.1, 0.15) is 5.78 Å². The van der Waals surface area contributed by atoms with Crippen LogP contribution in [0, 0.1) is 11.8 Å². The summed E-state index contributed by atoms with van der Waals surface area (Å²) >= 11 is 0. The van der Waals surface area contributed by atoms with Crippen molar-refractivity contribution in [2.75, 3.05) is 0 Å². The molecule has 25 heavy (non-hydrogen) atoms. The van der Waals surface area contributed by atoms with Gasteiger partial charge in [-0.25, -0.2) is 0 Å². The molecule has 4 atom stereocenters. The van der Waals surface area contributed by atoms with E-state index in [4.69, 9.17) is 5.11 Å². The van der Waals surface area contributed by atoms with Crippen molar-refractivity contribution in [3.05, 3.63) is 36.5 Å². The number of carboxylic acid groups (broad SMARTS) is 1. The highest BCUT2D eigenvalue weighted by Gasteiger charge is 2.39. The van der Waals surface area contributed by atoms with Crippen LogP contribution >= 0.6 is 0 Å². The van der Waals surface area contributed by atoms with Crippen LogP contribution in [0.3, 0.4) is 0 Å². The summed E-state index contributed by atoms with van der Waals surface area (Å²) in [4.78, 5) is 22.5. The van der Waals surface area contributed by atoms with Crippen LogP contribution in [0.5, 0.6) is 0 Å². The molecular weight excluding hydrogens is 320 g/mol. The van der Waals surface area contributed by atoms with Crippen molar-refractivity contribution in [2.24, 2.45) is 11.8 Å². The third-order valence-corrected chi connectivity index (χ3v) is 4.39. The van der Waals surface area contributed by atoms with Crippen molar-refractivity contribution in [1.29, 1.82) is 0 Å². The van der Waals surface area contributed by atoms with Crippen molar-refractivity contribution in [2.45, 2.75) is 64.1 Å². The molecule has 0 aromatic carbocycles. The Kier molecular flexibility index (Phi) is 10.0. The van der Waals surface area contributed by atoms with Gasteiger partial charge >= 0.3 is 5.97 Å². The first-order chi connectivity index (χ1) is 12.0. The minimum atomic E-state index is -0.803. The van der Waals surface area contributed by atoms with Gasteiger partial charge in [0.15, 0.2) is 0 Å². The number of carbonyl (C=O) groups is 2. The predicted octanol–water partition coefficient (Wildman–Crippen LogP) is 3.03.